The molecule has 0 aromatic heterocycles. The van der Waals surface area contributed by atoms with E-state index in [1.165, 1.54) is 12.2 Å². The maximum atomic E-state index is 10.1. The summed E-state index contributed by atoms with van der Waals surface area (Å²) in [6, 6.07) is 13.2. The molecule has 0 unspecified atom stereocenters. The summed E-state index contributed by atoms with van der Waals surface area (Å²) in [7, 11) is 0. The molecule has 23 heavy (non-hydrogen) atoms. The van der Waals surface area contributed by atoms with Gasteiger partial charge in [-0.2, -0.15) is 30.4 Å². The van der Waals surface area contributed by atoms with E-state index >= 15 is 0 Å². The van der Waals surface area contributed by atoms with Gasteiger partial charge in [0.05, 0.1) is 22.7 Å². The molecule has 0 aliphatic rings. The Bertz CT molecular complexity index is 729. The van der Waals surface area contributed by atoms with Gasteiger partial charge in [-0.15, -0.1) is 0 Å². The first-order valence-corrected chi connectivity index (χ1v) is 6.43. The molecule has 0 atom stereocenters. The highest BCUT2D eigenvalue weighted by atomic mass is 16.1. The third-order valence-electron chi connectivity index (χ3n) is 2.55. The van der Waals surface area contributed by atoms with E-state index in [0.717, 1.165) is 0 Å². The Hall–Kier alpha value is -3.60. The normalized spacial score (nSPS) is 10.4. The number of azo groups is 2. The van der Waals surface area contributed by atoms with Crippen molar-refractivity contribution in [1.82, 2.24) is 0 Å². The van der Waals surface area contributed by atoms with Crippen molar-refractivity contribution >= 4 is 34.9 Å². The Balaban J connectivity index is 1.87. The second-order valence-corrected chi connectivity index (χ2v) is 4.06. The smallest absolute Gasteiger partial charge is 0.211 e. The van der Waals surface area contributed by atoms with Crippen LogP contribution in [0.25, 0.3) is 0 Å². The average molecular weight is 306 g/mol. The predicted molar refractivity (Wildman–Crippen MR) is 82.3 cm³/mol. The van der Waals surface area contributed by atoms with E-state index < -0.39 is 0 Å². The van der Waals surface area contributed by atoms with Gasteiger partial charge in [-0.3, -0.25) is 0 Å². The number of isocyanates is 2. The Morgan fingerprint density at radius 2 is 0.957 bits per heavy atom. The Morgan fingerprint density at radius 1 is 0.609 bits per heavy atom. The van der Waals surface area contributed by atoms with Crippen LogP contribution in [0.5, 0.6) is 0 Å². The van der Waals surface area contributed by atoms with E-state index in [1.54, 1.807) is 48.5 Å². The van der Waals surface area contributed by atoms with Crippen molar-refractivity contribution in [2.75, 3.05) is 6.67 Å². The highest BCUT2D eigenvalue weighted by molar-refractivity contribution is 5.53. The van der Waals surface area contributed by atoms with Crippen LogP contribution in [-0.2, 0) is 9.59 Å². The lowest BCUT2D eigenvalue weighted by molar-refractivity contribution is 0.564. The summed E-state index contributed by atoms with van der Waals surface area (Å²) in [6.45, 7) is 0.0719. The minimum Gasteiger partial charge on any atom is -0.211 e. The lowest BCUT2D eigenvalue weighted by Crippen LogP contribution is -1.70. The third kappa shape index (κ3) is 5.35. The first kappa shape index (κ1) is 15.8. The van der Waals surface area contributed by atoms with Crippen LogP contribution in [0, 0.1) is 0 Å². The van der Waals surface area contributed by atoms with Crippen LogP contribution < -0.4 is 0 Å². The van der Waals surface area contributed by atoms with Crippen molar-refractivity contribution in [2.45, 2.75) is 0 Å². The van der Waals surface area contributed by atoms with Crippen LogP contribution in [0.1, 0.15) is 0 Å². The van der Waals surface area contributed by atoms with Gasteiger partial charge in [-0.05, 0) is 48.5 Å². The Labute approximate surface area is 131 Å². The molecule has 0 aliphatic heterocycles. The molecule has 112 valence electrons. The summed E-state index contributed by atoms with van der Waals surface area (Å²) in [6.07, 6.45) is 2.92. The van der Waals surface area contributed by atoms with E-state index in [0.29, 0.717) is 22.7 Å². The number of benzene rings is 2. The van der Waals surface area contributed by atoms with Gasteiger partial charge in [0.15, 0.2) is 6.67 Å². The second-order valence-electron chi connectivity index (χ2n) is 4.06. The fourth-order valence-corrected chi connectivity index (χ4v) is 1.55. The van der Waals surface area contributed by atoms with Gasteiger partial charge < -0.3 is 0 Å². The molecule has 8 heteroatoms. The van der Waals surface area contributed by atoms with Gasteiger partial charge in [0, 0.05) is 0 Å². The molecule has 2 rings (SSSR count). The van der Waals surface area contributed by atoms with Crippen LogP contribution in [0.15, 0.2) is 79.0 Å². The zero-order valence-corrected chi connectivity index (χ0v) is 11.8. The Morgan fingerprint density at radius 3 is 1.30 bits per heavy atom. The molecule has 8 nitrogen and oxygen atoms in total. The summed E-state index contributed by atoms with van der Waals surface area (Å²) in [5.74, 6) is 0. The number of nitrogens with zero attached hydrogens (tertiary/aromatic N) is 6. The molecule has 0 aliphatic carbocycles. The van der Waals surface area contributed by atoms with Crippen LogP contribution in [0.2, 0.25) is 0 Å². The van der Waals surface area contributed by atoms with E-state index in [1.807, 2.05) is 0 Å². The summed E-state index contributed by atoms with van der Waals surface area (Å²) in [4.78, 5) is 27.1. The maximum absolute atomic E-state index is 10.1. The largest absolute Gasteiger partial charge is 0.240 e. The number of hydrogen-bond donors (Lipinski definition) is 0. The first-order valence-electron chi connectivity index (χ1n) is 6.43. The highest BCUT2D eigenvalue weighted by Crippen LogP contribution is 2.19. The number of carbonyl (C=O) groups excluding carboxylic acids is 2. The lowest BCUT2D eigenvalue weighted by Gasteiger charge is -1.93. The molecule has 0 amide bonds. The standard InChI is InChI=1S/C15H10N6O2/c22-10-16-12-1-5-14(6-2-12)20-18-9-19-21-15-7-3-13(4-8-15)17-11-23/h1-8H,9H2. The predicted octanol–water partition coefficient (Wildman–Crippen LogP) is 4.45. The second kappa shape index (κ2) is 8.63. The van der Waals surface area contributed by atoms with E-state index in [2.05, 4.69) is 30.4 Å². The van der Waals surface area contributed by atoms with Crippen molar-refractivity contribution in [3.63, 3.8) is 0 Å². The molecular formula is C15H10N6O2. The third-order valence-corrected chi connectivity index (χ3v) is 2.55. The fraction of sp³-hybridized carbons (Fsp3) is 0.0667. The number of aliphatic imine (C=N–C) groups is 2. The van der Waals surface area contributed by atoms with Gasteiger partial charge in [-0.25, -0.2) is 9.59 Å². The molecule has 0 heterocycles. The molecule has 0 radical (unpaired) electrons. The van der Waals surface area contributed by atoms with Crippen LogP contribution in [0.4, 0.5) is 22.7 Å². The summed E-state index contributed by atoms with van der Waals surface area (Å²) in [5, 5.41) is 15.6. The molecular weight excluding hydrogens is 296 g/mol. The van der Waals surface area contributed by atoms with E-state index in [4.69, 9.17) is 0 Å². The van der Waals surface area contributed by atoms with Crippen LogP contribution in [-0.4, -0.2) is 18.8 Å². The molecule has 0 fully saturated rings. The molecule has 2 aromatic carbocycles. The van der Waals surface area contributed by atoms with Gasteiger partial charge in [0.25, 0.3) is 0 Å². The summed E-state index contributed by atoms with van der Waals surface area (Å²) in [5.41, 5.74) is 2.23. The quantitative estimate of drug-likeness (QED) is 0.446. The minimum atomic E-state index is 0.0719. The number of hydrogen-bond acceptors (Lipinski definition) is 8. The van der Waals surface area contributed by atoms with Crippen LogP contribution in [0.3, 0.4) is 0 Å². The minimum absolute atomic E-state index is 0.0719. The molecule has 0 spiro atoms. The topological polar surface area (TPSA) is 108 Å². The monoisotopic (exact) mass is 306 g/mol. The zero-order chi connectivity index (χ0) is 16.3. The first-order chi connectivity index (χ1) is 11.3. The molecule has 2 aromatic rings. The van der Waals surface area contributed by atoms with Crippen molar-refractivity contribution < 1.29 is 9.59 Å². The van der Waals surface area contributed by atoms with Crippen molar-refractivity contribution in [3.05, 3.63) is 48.5 Å². The highest BCUT2D eigenvalue weighted by Gasteiger charge is 1.92. The van der Waals surface area contributed by atoms with Gasteiger partial charge in [0.2, 0.25) is 12.2 Å². The average Bonchev–Trinajstić information content (AvgIpc) is 2.58. The molecule has 0 N–H and O–H groups in total. The lowest BCUT2D eigenvalue weighted by atomic mass is 10.3. The summed E-state index contributed by atoms with van der Waals surface area (Å²) < 4.78 is 0. The Kier molecular flexibility index (Phi) is 5.93. The van der Waals surface area contributed by atoms with Crippen molar-refractivity contribution in [2.24, 2.45) is 30.4 Å². The summed E-state index contributed by atoms with van der Waals surface area (Å²) >= 11 is 0. The molecule has 0 saturated carbocycles. The van der Waals surface area contributed by atoms with Crippen molar-refractivity contribution in [3.8, 4) is 0 Å². The van der Waals surface area contributed by atoms with Gasteiger partial charge in [0.1, 0.15) is 0 Å². The zero-order valence-electron chi connectivity index (χ0n) is 11.8. The van der Waals surface area contributed by atoms with E-state index in [-0.39, 0.29) is 6.67 Å². The molecule has 0 saturated heterocycles. The van der Waals surface area contributed by atoms with Crippen molar-refractivity contribution in [1.29, 1.82) is 0 Å². The van der Waals surface area contributed by atoms with Gasteiger partial charge >= 0.3 is 0 Å². The number of rotatable bonds is 6. The van der Waals surface area contributed by atoms with Crippen LogP contribution >= 0.6 is 0 Å². The SMILES string of the molecule is O=C=Nc1ccc(N=NCN=Nc2ccc(N=C=O)cc2)cc1. The maximum Gasteiger partial charge on any atom is 0.240 e. The molecule has 0 bridgehead atoms. The van der Waals surface area contributed by atoms with Gasteiger partial charge in [-0.1, -0.05) is 0 Å². The van der Waals surface area contributed by atoms with E-state index in [9.17, 15) is 9.59 Å². The fourth-order valence-electron chi connectivity index (χ4n) is 1.55.